The van der Waals surface area contributed by atoms with E-state index >= 15 is 0 Å². The summed E-state index contributed by atoms with van der Waals surface area (Å²) in [6, 6.07) is 0. The molecule has 2 aliphatic rings. The van der Waals surface area contributed by atoms with Crippen LogP contribution in [0.2, 0.25) is 0 Å². The SMILES string of the molecule is CO/C=C1/CCC2(CCC=CCC2)C1. The van der Waals surface area contributed by atoms with Crippen LogP contribution in [0.1, 0.15) is 44.9 Å². The van der Waals surface area contributed by atoms with Gasteiger partial charge in [0.05, 0.1) is 13.4 Å². The molecule has 1 nitrogen and oxygen atoms in total. The molecule has 0 aliphatic heterocycles. The minimum atomic E-state index is 0.619. The largest absolute Gasteiger partial charge is 0.504 e. The Balaban J connectivity index is 2.01. The van der Waals surface area contributed by atoms with Gasteiger partial charge in [-0.2, -0.15) is 0 Å². The summed E-state index contributed by atoms with van der Waals surface area (Å²) in [5.74, 6) is 0. The van der Waals surface area contributed by atoms with Gasteiger partial charge in [0.2, 0.25) is 0 Å². The first-order valence-electron chi connectivity index (χ1n) is 5.70. The highest BCUT2D eigenvalue weighted by Gasteiger charge is 2.35. The van der Waals surface area contributed by atoms with E-state index in [4.69, 9.17) is 4.74 Å². The van der Waals surface area contributed by atoms with Crippen molar-refractivity contribution in [3.8, 4) is 0 Å². The Morgan fingerprint density at radius 1 is 1.21 bits per heavy atom. The average molecular weight is 192 g/mol. The van der Waals surface area contributed by atoms with Gasteiger partial charge in [0.15, 0.2) is 0 Å². The predicted octanol–water partition coefficient (Wildman–Crippen LogP) is 3.82. The fourth-order valence-corrected chi connectivity index (χ4v) is 2.92. The van der Waals surface area contributed by atoms with Crippen LogP contribution < -0.4 is 0 Å². The van der Waals surface area contributed by atoms with Crippen LogP contribution in [0, 0.1) is 5.41 Å². The molecule has 14 heavy (non-hydrogen) atoms. The molecule has 0 aromatic carbocycles. The van der Waals surface area contributed by atoms with Crippen molar-refractivity contribution in [1.29, 1.82) is 0 Å². The van der Waals surface area contributed by atoms with E-state index < -0.39 is 0 Å². The zero-order valence-electron chi connectivity index (χ0n) is 9.09. The average Bonchev–Trinajstić information content (AvgIpc) is 2.43. The van der Waals surface area contributed by atoms with Gasteiger partial charge in [-0.05, 0) is 55.9 Å². The molecule has 2 rings (SSSR count). The summed E-state index contributed by atoms with van der Waals surface area (Å²) in [6.45, 7) is 0. The quantitative estimate of drug-likeness (QED) is 0.453. The van der Waals surface area contributed by atoms with Crippen molar-refractivity contribution in [3.63, 3.8) is 0 Å². The van der Waals surface area contributed by atoms with Crippen LogP contribution in [0.25, 0.3) is 0 Å². The van der Waals surface area contributed by atoms with Gasteiger partial charge in [-0.1, -0.05) is 12.2 Å². The van der Waals surface area contributed by atoms with Gasteiger partial charge in [-0.25, -0.2) is 0 Å². The van der Waals surface area contributed by atoms with Crippen LogP contribution >= 0.6 is 0 Å². The highest BCUT2D eigenvalue weighted by molar-refractivity contribution is 5.12. The predicted molar refractivity (Wildman–Crippen MR) is 59.0 cm³/mol. The number of allylic oxidation sites excluding steroid dienone is 3. The van der Waals surface area contributed by atoms with Crippen LogP contribution in [0.5, 0.6) is 0 Å². The minimum absolute atomic E-state index is 0.619. The zero-order chi connectivity index (χ0) is 9.86. The van der Waals surface area contributed by atoms with E-state index in [1.807, 2.05) is 6.26 Å². The van der Waals surface area contributed by atoms with E-state index in [0.717, 1.165) is 0 Å². The zero-order valence-corrected chi connectivity index (χ0v) is 9.09. The normalized spacial score (nSPS) is 28.2. The molecule has 2 aliphatic carbocycles. The highest BCUT2D eigenvalue weighted by atomic mass is 16.5. The smallest absolute Gasteiger partial charge is 0.0816 e. The number of ether oxygens (including phenoxy) is 1. The first kappa shape index (κ1) is 9.82. The van der Waals surface area contributed by atoms with E-state index in [9.17, 15) is 0 Å². The van der Waals surface area contributed by atoms with E-state index in [1.165, 1.54) is 50.5 Å². The molecular formula is C13H20O. The van der Waals surface area contributed by atoms with Crippen LogP contribution in [0.15, 0.2) is 24.0 Å². The number of rotatable bonds is 1. The highest BCUT2D eigenvalue weighted by Crippen LogP contribution is 2.49. The monoisotopic (exact) mass is 192 g/mol. The lowest BCUT2D eigenvalue weighted by Gasteiger charge is -2.26. The lowest BCUT2D eigenvalue weighted by atomic mass is 9.78. The molecule has 1 saturated carbocycles. The van der Waals surface area contributed by atoms with Gasteiger partial charge in [-0.3, -0.25) is 0 Å². The Hall–Kier alpha value is -0.720. The second-order valence-corrected chi connectivity index (χ2v) is 4.74. The molecule has 0 saturated heterocycles. The Bertz CT molecular complexity index is 240. The summed E-state index contributed by atoms with van der Waals surface area (Å²) >= 11 is 0. The first-order valence-corrected chi connectivity index (χ1v) is 5.70. The van der Waals surface area contributed by atoms with Crippen molar-refractivity contribution in [2.75, 3.05) is 7.11 Å². The Morgan fingerprint density at radius 3 is 2.57 bits per heavy atom. The fraction of sp³-hybridized carbons (Fsp3) is 0.692. The molecule has 1 spiro atoms. The molecule has 0 radical (unpaired) electrons. The summed E-state index contributed by atoms with van der Waals surface area (Å²) in [6.07, 6.45) is 15.9. The van der Waals surface area contributed by atoms with Gasteiger partial charge >= 0.3 is 0 Å². The molecule has 0 atom stereocenters. The Labute approximate surface area is 86.8 Å². The molecule has 0 unspecified atom stereocenters. The summed E-state index contributed by atoms with van der Waals surface area (Å²) < 4.78 is 5.11. The van der Waals surface area contributed by atoms with Crippen LogP contribution in [0.4, 0.5) is 0 Å². The first-order chi connectivity index (χ1) is 6.85. The Morgan fingerprint density at radius 2 is 1.93 bits per heavy atom. The summed E-state index contributed by atoms with van der Waals surface area (Å²) in [5.41, 5.74) is 2.14. The van der Waals surface area contributed by atoms with Crippen LogP contribution in [-0.4, -0.2) is 7.11 Å². The lowest BCUT2D eigenvalue weighted by Crippen LogP contribution is -2.14. The van der Waals surface area contributed by atoms with Crippen LogP contribution in [-0.2, 0) is 4.74 Å². The molecule has 1 fully saturated rings. The molecule has 0 aromatic rings. The van der Waals surface area contributed by atoms with E-state index in [2.05, 4.69) is 12.2 Å². The summed E-state index contributed by atoms with van der Waals surface area (Å²) in [5, 5.41) is 0. The van der Waals surface area contributed by atoms with Crippen molar-refractivity contribution in [3.05, 3.63) is 24.0 Å². The second kappa shape index (κ2) is 4.20. The Kier molecular flexibility index (Phi) is 2.95. The molecule has 0 heterocycles. The third kappa shape index (κ3) is 2.02. The maximum Gasteiger partial charge on any atom is 0.0816 e. The van der Waals surface area contributed by atoms with Gasteiger partial charge in [0.1, 0.15) is 0 Å². The van der Waals surface area contributed by atoms with Gasteiger partial charge in [0, 0.05) is 0 Å². The fourth-order valence-electron chi connectivity index (χ4n) is 2.92. The summed E-state index contributed by atoms with van der Waals surface area (Å²) in [4.78, 5) is 0. The van der Waals surface area contributed by atoms with Crippen molar-refractivity contribution in [1.82, 2.24) is 0 Å². The molecule has 0 aromatic heterocycles. The third-order valence-corrected chi connectivity index (χ3v) is 3.71. The topological polar surface area (TPSA) is 9.23 Å². The second-order valence-electron chi connectivity index (χ2n) is 4.74. The maximum absolute atomic E-state index is 5.11. The van der Waals surface area contributed by atoms with E-state index in [1.54, 1.807) is 7.11 Å². The molecular weight excluding hydrogens is 172 g/mol. The van der Waals surface area contributed by atoms with Gasteiger partial charge < -0.3 is 4.74 Å². The van der Waals surface area contributed by atoms with Crippen molar-refractivity contribution >= 4 is 0 Å². The van der Waals surface area contributed by atoms with Crippen molar-refractivity contribution in [2.24, 2.45) is 5.41 Å². The molecule has 0 bridgehead atoms. The number of methoxy groups -OCH3 is 1. The maximum atomic E-state index is 5.11. The van der Waals surface area contributed by atoms with Crippen LogP contribution in [0.3, 0.4) is 0 Å². The standard InChI is InChI=1S/C13H20O/c1-14-11-12-6-9-13(10-12)7-4-2-3-5-8-13/h2-3,11H,4-10H2,1H3/b12-11-. The molecule has 0 amide bonds. The van der Waals surface area contributed by atoms with Crippen molar-refractivity contribution < 1.29 is 4.74 Å². The number of hydrogen-bond donors (Lipinski definition) is 0. The van der Waals surface area contributed by atoms with Gasteiger partial charge in [-0.15, -0.1) is 0 Å². The summed E-state index contributed by atoms with van der Waals surface area (Å²) in [7, 11) is 1.76. The number of hydrogen-bond acceptors (Lipinski definition) is 1. The van der Waals surface area contributed by atoms with E-state index in [0.29, 0.717) is 5.41 Å². The van der Waals surface area contributed by atoms with Gasteiger partial charge in [0.25, 0.3) is 0 Å². The molecule has 1 heteroatoms. The van der Waals surface area contributed by atoms with Crippen molar-refractivity contribution in [2.45, 2.75) is 44.9 Å². The van der Waals surface area contributed by atoms with E-state index in [-0.39, 0.29) is 0 Å². The third-order valence-electron chi connectivity index (χ3n) is 3.71. The molecule has 0 N–H and O–H groups in total. The molecule has 78 valence electrons. The lowest BCUT2D eigenvalue weighted by molar-refractivity contribution is 0.261. The minimum Gasteiger partial charge on any atom is -0.504 e.